The Morgan fingerprint density at radius 1 is 1.19 bits per heavy atom. The van der Waals surface area contributed by atoms with Crippen LogP contribution in [0.5, 0.6) is 0 Å². The van der Waals surface area contributed by atoms with Crippen molar-refractivity contribution >= 4 is 18.3 Å². The molecule has 0 aliphatic carbocycles. The molecule has 0 aromatic heterocycles. The van der Waals surface area contributed by atoms with Gasteiger partial charge in [-0.05, 0) is 24.6 Å². The van der Waals surface area contributed by atoms with Crippen LogP contribution in [0, 0.1) is 6.92 Å². The zero-order valence-electron chi connectivity index (χ0n) is 9.89. The Labute approximate surface area is 104 Å². The van der Waals surface area contributed by atoms with Crippen LogP contribution >= 0.6 is 12.6 Å². The lowest BCUT2D eigenvalue weighted by Crippen LogP contribution is -2.46. The van der Waals surface area contributed by atoms with Gasteiger partial charge in [0.15, 0.2) is 0 Å². The molecule has 2 rings (SSSR count). The number of aryl methyl sites for hydroxylation is 1. The first-order chi connectivity index (χ1) is 7.79. The van der Waals surface area contributed by atoms with E-state index in [2.05, 4.69) is 53.6 Å². The highest BCUT2D eigenvalue weighted by molar-refractivity contribution is 7.80. The summed E-state index contributed by atoms with van der Waals surface area (Å²) in [6.07, 6.45) is 0. The van der Waals surface area contributed by atoms with E-state index < -0.39 is 0 Å². The molecule has 1 heterocycles. The van der Waals surface area contributed by atoms with Crippen LogP contribution in [-0.2, 0) is 0 Å². The van der Waals surface area contributed by atoms with Gasteiger partial charge in [0.25, 0.3) is 0 Å². The molecule has 0 amide bonds. The van der Waals surface area contributed by atoms with Crippen LogP contribution in [0.3, 0.4) is 0 Å². The number of rotatable bonds is 3. The molecule has 0 unspecified atom stereocenters. The minimum atomic E-state index is 0.963. The van der Waals surface area contributed by atoms with Crippen LogP contribution in [0.1, 0.15) is 5.56 Å². The quantitative estimate of drug-likeness (QED) is 0.803. The predicted octanol–water partition coefficient (Wildman–Crippen LogP) is 2.05. The van der Waals surface area contributed by atoms with E-state index in [1.54, 1.807) is 0 Å². The van der Waals surface area contributed by atoms with E-state index in [4.69, 9.17) is 0 Å². The standard InChI is InChI=1S/C13H20N2S/c1-12-3-2-4-13(11-12)15-7-5-14(6-8-15)9-10-16/h2-4,11,16H,5-10H2,1H3. The van der Waals surface area contributed by atoms with E-state index in [1.807, 2.05) is 0 Å². The number of hydrogen-bond acceptors (Lipinski definition) is 3. The molecule has 0 spiro atoms. The third-order valence-corrected chi connectivity index (χ3v) is 3.36. The van der Waals surface area contributed by atoms with Gasteiger partial charge in [-0.2, -0.15) is 12.6 Å². The SMILES string of the molecule is Cc1cccc(N2CCN(CCS)CC2)c1. The number of piperazine rings is 1. The largest absolute Gasteiger partial charge is 0.369 e. The molecule has 1 aliphatic rings. The first kappa shape index (κ1) is 11.8. The smallest absolute Gasteiger partial charge is 0.0369 e. The molecule has 1 aromatic carbocycles. The molecule has 0 N–H and O–H groups in total. The van der Waals surface area contributed by atoms with Crippen molar-refractivity contribution in [2.24, 2.45) is 0 Å². The van der Waals surface area contributed by atoms with E-state index in [0.717, 1.165) is 38.5 Å². The summed E-state index contributed by atoms with van der Waals surface area (Å²) in [5.74, 6) is 0.963. The Hall–Kier alpha value is -0.670. The highest BCUT2D eigenvalue weighted by Gasteiger charge is 2.16. The third kappa shape index (κ3) is 2.92. The van der Waals surface area contributed by atoms with Crippen molar-refractivity contribution in [1.82, 2.24) is 4.90 Å². The fourth-order valence-electron chi connectivity index (χ4n) is 2.20. The average molecular weight is 236 g/mol. The fraction of sp³-hybridized carbons (Fsp3) is 0.538. The first-order valence-corrected chi connectivity index (χ1v) is 6.57. The van der Waals surface area contributed by atoms with Crippen molar-refractivity contribution in [2.75, 3.05) is 43.4 Å². The second kappa shape index (κ2) is 5.60. The van der Waals surface area contributed by atoms with Crippen molar-refractivity contribution < 1.29 is 0 Å². The van der Waals surface area contributed by atoms with Crippen LogP contribution in [0.4, 0.5) is 5.69 Å². The van der Waals surface area contributed by atoms with Crippen LogP contribution in [0.2, 0.25) is 0 Å². The van der Waals surface area contributed by atoms with Gasteiger partial charge in [0.2, 0.25) is 0 Å². The molecule has 3 heteroatoms. The van der Waals surface area contributed by atoms with Gasteiger partial charge in [-0.25, -0.2) is 0 Å². The van der Waals surface area contributed by atoms with Crippen molar-refractivity contribution in [2.45, 2.75) is 6.92 Å². The molecule has 1 fully saturated rings. The molecule has 1 aliphatic heterocycles. The van der Waals surface area contributed by atoms with E-state index in [9.17, 15) is 0 Å². The minimum absolute atomic E-state index is 0.963. The number of thiol groups is 1. The van der Waals surface area contributed by atoms with E-state index in [0.29, 0.717) is 0 Å². The predicted molar refractivity (Wildman–Crippen MR) is 73.7 cm³/mol. The van der Waals surface area contributed by atoms with Gasteiger partial charge < -0.3 is 4.90 Å². The Bertz CT molecular complexity index is 332. The minimum Gasteiger partial charge on any atom is -0.369 e. The third-order valence-electron chi connectivity index (χ3n) is 3.16. The molecular formula is C13H20N2S. The molecule has 16 heavy (non-hydrogen) atoms. The Kier molecular flexibility index (Phi) is 4.13. The summed E-state index contributed by atoms with van der Waals surface area (Å²) in [4.78, 5) is 4.96. The van der Waals surface area contributed by atoms with Crippen LogP contribution in [0.15, 0.2) is 24.3 Å². The maximum atomic E-state index is 4.28. The highest BCUT2D eigenvalue weighted by atomic mass is 32.1. The van der Waals surface area contributed by atoms with Gasteiger partial charge in [-0.1, -0.05) is 12.1 Å². The van der Waals surface area contributed by atoms with Gasteiger partial charge in [0.1, 0.15) is 0 Å². The summed E-state index contributed by atoms with van der Waals surface area (Å²) in [5, 5.41) is 0. The molecule has 0 bridgehead atoms. The second-order valence-electron chi connectivity index (χ2n) is 4.39. The Balaban J connectivity index is 1.94. The second-order valence-corrected chi connectivity index (χ2v) is 4.84. The first-order valence-electron chi connectivity index (χ1n) is 5.94. The fourth-order valence-corrected chi connectivity index (χ4v) is 2.48. The highest BCUT2D eigenvalue weighted by Crippen LogP contribution is 2.17. The Morgan fingerprint density at radius 2 is 1.94 bits per heavy atom. The molecule has 2 nitrogen and oxygen atoms in total. The lowest BCUT2D eigenvalue weighted by Gasteiger charge is -2.36. The number of benzene rings is 1. The zero-order chi connectivity index (χ0) is 11.4. The summed E-state index contributed by atoms with van der Waals surface area (Å²) >= 11 is 4.28. The number of nitrogens with zero attached hydrogens (tertiary/aromatic N) is 2. The maximum Gasteiger partial charge on any atom is 0.0369 e. The van der Waals surface area contributed by atoms with E-state index >= 15 is 0 Å². The normalized spacial score (nSPS) is 17.8. The van der Waals surface area contributed by atoms with E-state index in [-0.39, 0.29) is 0 Å². The summed E-state index contributed by atoms with van der Waals surface area (Å²) in [6, 6.07) is 8.78. The number of hydrogen-bond donors (Lipinski definition) is 1. The monoisotopic (exact) mass is 236 g/mol. The lowest BCUT2D eigenvalue weighted by molar-refractivity contribution is 0.273. The molecule has 1 saturated heterocycles. The topological polar surface area (TPSA) is 6.48 Å². The van der Waals surface area contributed by atoms with Gasteiger partial charge in [0, 0.05) is 44.2 Å². The summed E-state index contributed by atoms with van der Waals surface area (Å²) in [6.45, 7) is 7.86. The number of anilines is 1. The zero-order valence-corrected chi connectivity index (χ0v) is 10.8. The van der Waals surface area contributed by atoms with Crippen molar-refractivity contribution in [3.63, 3.8) is 0 Å². The van der Waals surface area contributed by atoms with E-state index in [1.165, 1.54) is 11.3 Å². The molecule has 0 atom stereocenters. The molecular weight excluding hydrogens is 216 g/mol. The Morgan fingerprint density at radius 3 is 2.56 bits per heavy atom. The van der Waals surface area contributed by atoms with Crippen LogP contribution in [-0.4, -0.2) is 43.4 Å². The van der Waals surface area contributed by atoms with Gasteiger partial charge >= 0.3 is 0 Å². The van der Waals surface area contributed by atoms with Crippen LogP contribution < -0.4 is 4.90 Å². The van der Waals surface area contributed by atoms with Crippen LogP contribution in [0.25, 0.3) is 0 Å². The van der Waals surface area contributed by atoms with Gasteiger partial charge in [-0.15, -0.1) is 0 Å². The summed E-state index contributed by atoms with van der Waals surface area (Å²) < 4.78 is 0. The maximum absolute atomic E-state index is 4.28. The average Bonchev–Trinajstić information content (AvgIpc) is 2.30. The molecule has 1 aromatic rings. The molecule has 0 radical (unpaired) electrons. The van der Waals surface area contributed by atoms with Crippen molar-refractivity contribution in [3.05, 3.63) is 29.8 Å². The van der Waals surface area contributed by atoms with Crippen molar-refractivity contribution in [1.29, 1.82) is 0 Å². The van der Waals surface area contributed by atoms with Gasteiger partial charge in [-0.3, -0.25) is 4.90 Å². The van der Waals surface area contributed by atoms with Gasteiger partial charge in [0.05, 0.1) is 0 Å². The van der Waals surface area contributed by atoms with Crippen molar-refractivity contribution in [3.8, 4) is 0 Å². The summed E-state index contributed by atoms with van der Waals surface area (Å²) in [5.41, 5.74) is 2.71. The summed E-state index contributed by atoms with van der Waals surface area (Å²) in [7, 11) is 0. The molecule has 0 saturated carbocycles. The molecule has 88 valence electrons. The lowest BCUT2D eigenvalue weighted by atomic mass is 10.2.